The van der Waals surface area contributed by atoms with Crippen molar-refractivity contribution < 1.29 is 14.3 Å². The zero-order chi connectivity index (χ0) is 11.5. The quantitative estimate of drug-likeness (QED) is 0.753. The van der Waals surface area contributed by atoms with Crippen LogP contribution in [0.25, 0.3) is 0 Å². The molecule has 0 radical (unpaired) electrons. The van der Waals surface area contributed by atoms with Crippen molar-refractivity contribution in [3.05, 3.63) is 6.20 Å². The maximum absolute atomic E-state index is 10.4. The second kappa shape index (κ2) is 4.52. The Morgan fingerprint density at radius 2 is 2.44 bits per heavy atom. The summed E-state index contributed by atoms with van der Waals surface area (Å²) in [4.78, 5) is 10.4. The Morgan fingerprint density at radius 3 is 2.94 bits per heavy atom. The van der Waals surface area contributed by atoms with Crippen molar-refractivity contribution in [3.63, 3.8) is 0 Å². The van der Waals surface area contributed by atoms with E-state index in [-0.39, 0.29) is 12.1 Å². The molecule has 1 aliphatic heterocycles. The first-order valence-electron chi connectivity index (χ1n) is 5.24. The number of rotatable bonds is 5. The summed E-state index contributed by atoms with van der Waals surface area (Å²) in [6, 6.07) is 0.247. The average Bonchev–Trinajstić information content (AvgIpc) is 2.45. The summed E-state index contributed by atoms with van der Waals surface area (Å²) in [5.74, 6) is 0.453. The van der Waals surface area contributed by atoms with Crippen molar-refractivity contribution in [2.45, 2.75) is 26.0 Å². The van der Waals surface area contributed by atoms with Gasteiger partial charge in [0.15, 0.2) is 0 Å². The lowest BCUT2D eigenvalue weighted by molar-refractivity contribution is -0.105. The molecular formula is C10H15N3O3. The summed E-state index contributed by atoms with van der Waals surface area (Å²) in [6.07, 6.45) is 2.40. The molecule has 0 bridgehead atoms. The number of amides is 1. The van der Waals surface area contributed by atoms with E-state index in [4.69, 9.17) is 9.47 Å². The number of nitrogens with zero attached hydrogens (tertiary/aromatic N) is 2. The lowest BCUT2D eigenvalue weighted by Crippen LogP contribution is -2.30. The second-order valence-corrected chi connectivity index (χ2v) is 3.95. The van der Waals surface area contributed by atoms with Crippen molar-refractivity contribution >= 4 is 12.1 Å². The highest BCUT2D eigenvalue weighted by Crippen LogP contribution is 2.27. The van der Waals surface area contributed by atoms with Gasteiger partial charge in [-0.05, 0) is 13.8 Å². The number of hydrogen-bond donors (Lipinski definition) is 1. The van der Waals surface area contributed by atoms with Gasteiger partial charge >= 0.3 is 0 Å². The summed E-state index contributed by atoms with van der Waals surface area (Å²) < 4.78 is 12.4. The molecule has 16 heavy (non-hydrogen) atoms. The van der Waals surface area contributed by atoms with Crippen LogP contribution in [0.3, 0.4) is 0 Å². The minimum Gasteiger partial charge on any atom is -0.472 e. The van der Waals surface area contributed by atoms with Crippen LogP contribution in [-0.2, 0) is 9.53 Å². The molecule has 1 aromatic rings. The topological polar surface area (TPSA) is 65.4 Å². The van der Waals surface area contributed by atoms with Gasteiger partial charge in [-0.1, -0.05) is 0 Å². The van der Waals surface area contributed by atoms with E-state index >= 15 is 0 Å². The first kappa shape index (κ1) is 10.9. The number of carbonyl (C=O) groups excluding carboxylic acids is 1. The Balaban J connectivity index is 2.18. The smallest absolute Gasteiger partial charge is 0.257 e. The number of nitrogens with one attached hydrogen (secondary N) is 1. The maximum atomic E-state index is 10.4. The van der Waals surface area contributed by atoms with Crippen molar-refractivity contribution in [3.8, 4) is 5.88 Å². The molecule has 2 rings (SSSR count). The van der Waals surface area contributed by atoms with Gasteiger partial charge in [-0.25, -0.2) is 0 Å². The lowest BCUT2D eigenvalue weighted by Gasteiger charge is -2.25. The number of anilines is 1. The second-order valence-electron chi connectivity index (χ2n) is 3.95. The van der Waals surface area contributed by atoms with E-state index in [1.165, 1.54) is 0 Å². The monoisotopic (exact) mass is 225 g/mol. The first-order valence-corrected chi connectivity index (χ1v) is 5.24. The van der Waals surface area contributed by atoms with Crippen molar-refractivity contribution in [2.75, 3.05) is 18.5 Å². The fourth-order valence-corrected chi connectivity index (χ4v) is 1.41. The molecule has 0 spiro atoms. The Kier molecular flexibility index (Phi) is 3.09. The minimum absolute atomic E-state index is 0.0215. The zero-order valence-corrected chi connectivity index (χ0v) is 9.34. The lowest BCUT2D eigenvalue weighted by atomic mass is 10.3. The van der Waals surface area contributed by atoms with Gasteiger partial charge in [0.25, 0.3) is 5.88 Å². The molecular weight excluding hydrogens is 210 g/mol. The third-order valence-electron chi connectivity index (χ3n) is 2.25. The third kappa shape index (κ3) is 2.16. The van der Waals surface area contributed by atoms with Gasteiger partial charge in [0.2, 0.25) is 6.41 Å². The molecule has 0 aromatic carbocycles. The van der Waals surface area contributed by atoms with Crippen LogP contribution in [0.4, 0.5) is 5.69 Å². The largest absolute Gasteiger partial charge is 0.472 e. The Labute approximate surface area is 93.5 Å². The molecule has 1 fully saturated rings. The van der Waals surface area contributed by atoms with Crippen LogP contribution >= 0.6 is 0 Å². The van der Waals surface area contributed by atoms with Gasteiger partial charge in [0, 0.05) is 0 Å². The zero-order valence-electron chi connectivity index (χ0n) is 9.34. The SMILES string of the molecule is CC(C)Oc1nn(C2COC2)cc1NC=O. The third-order valence-corrected chi connectivity index (χ3v) is 2.25. The van der Waals surface area contributed by atoms with E-state index < -0.39 is 0 Å². The fourth-order valence-electron chi connectivity index (χ4n) is 1.41. The summed E-state index contributed by atoms with van der Waals surface area (Å²) in [6.45, 7) is 5.14. The Bertz CT molecular complexity index is 371. The van der Waals surface area contributed by atoms with Crippen LogP contribution in [0.2, 0.25) is 0 Å². The van der Waals surface area contributed by atoms with E-state index in [0.717, 1.165) is 0 Å². The van der Waals surface area contributed by atoms with Crippen LogP contribution in [-0.4, -0.2) is 35.5 Å². The molecule has 1 aliphatic rings. The number of aromatic nitrogens is 2. The normalized spacial score (nSPS) is 15.9. The molecule has 88 valence electrons. The molecule has 1 N–H and O–H groups in total. The highest BCUT2D eigenvalue weighted by atomic mass is 16.5. The van der Waals surface area contributed by atoms with Gasteiger partial charge in [0.1, 0.15) is 5.69 Å². The van der Waals surface area contributed by atoms with E-state index in [1.54, 1.807) is 10.9 Å². The van der Waals surface area contributed by atoms with Crippen LogP contribution in [0.5, 0.6) is 5.88 Å². The molecule has 6 heteroatoms. The fraction of sp³-hybridized carbons (Fsp3) is 0.600. The summed E-state index contributed by atoms with van der Waals surface area (Å²) in [7, 11) is 0. The van der Waals surface area contributed by atoms with Gasteiger partial charge in [0.05, 0.1) is 31.6 Å². The minimum atomic E-state index is 0.0215. The Morgan fingerprint density at radius 1 is 1.69 bits per heavy atom. The maximum Gasteiger partial charge on any atom is 0.257 e. The van der Waals surface area contributed by atoms with Gasteiger partial charge in [-0.3, -0.25) is 9.48 Å². The summed E-state index contributed by atoms with van der Waals surface area (Å²) in [5.41, 5.74) is 0.593. The molecule has 0 aliphatic carbocycles. The van der Waals surface area contributed by atoms with Crippen LogP contribution < -0.4 is 10.1 Å². The Hall–Kier alpha value is -1.56. The average molecular weight is 225 g/mol. The number of carbonyl (C=O) groups is 1. The van der Waals surface area contributed by atoms with E-state index in [2.05, 4.69) is 10.4 Å². The number of hydrogen-bond acceptors (Lipinski definition) is 4. The molecule has 1 saturated heterocycles. The summed E-state index contributed by atoms with van der Waals surface area (Å²) in [5, 5.41) is 6.86. The molecule has 0 saturated carbocycles. The van der Waals surface area contributed by atoms with Crippen molar-refractivity contribution in [1.82, 2.24) is 9.78 Å². The van der Waals surface area contributed by atoms with E-state index in [0.29, 0.717) is 31.2 Å². The number of ether oxygens (including phenoxy) is 2. The predicted octanol–water partition coefficient (Wildman–Crippen LogP) is 0.810. The van der Waals surface area contributed by atoms with Gasteiger partial charge < -0.3 is 14.8 Å². The van der Waals surface area contributed by atoms with Gasteiger partial charge in [-0.15, -0.1) is 5.10 Å². The van der Waals surface area contributed by atoms with E-state index in [1.807, 2.05) is 13.8 Å². The van der Waals surface area contributed by atoms with Crippen LogP contribution in [0, 0.1) is 0 Å². The molecule has 1 amide bonds. The molecule has 0 atom stereocenters. The van der Waals surface area contributed by atoms with Gasteiger partial charge in [-0.2, -0.15) is 0 Å². The van der Waals surface area contributed by atoms with Crippen LogP contribution in [0.1, 0.15) is 19.9 Å². The standard InChI is InChI=1S/C10H15N3O3/c1-7(2)16-10-9(11-6-14)3-13(12-10)8-4-15-5-8/h3,6-8H,4-5H2,1-2H3,(H,11,14). The van der Waals surface area contributed by atoms with Crippen molar-refractivity contribution in [2.24, 2.45) is 0 Å². The summed E-state index contributed by atoms with van der Waals surface area (Å²) >= 11 is 0. The van der Waals surface area contributed by atoms with E-state index in [9.17, 15) is 4.79 Å². The molecule has 0 unspecified atom stereocenters. The van der Waals surface area contributed by atoms with Crippen molar-refractivity contribution in [1.29, 1.82) is 0 Å². The highest BCUT2D eigenvalue weighted by Gasteiger charge is 2.23. The van der Waals surface area contributed by atoms with Crippen LogP contribution in [0.15, 0.2) is 6.20 Å². The molecule has 6 nitrogen and oxygen atoms in total. The molecule has 1 aromatic heterocycles. The predicted molar refractivity (Wildman–Crippen MR) is 57.5 cm³/mol. The highest BCUT2D eigenvalue weighted by molar-refractivity contribution is 5.73. The molecule has 2 heterocycles. The first-order chi connectivity index (χ1) is 7.70.